The standard InChI is InChI=1S/C42H38B10N2S2/c43-30-32(45)36(49)40(37(50)33(30)46)53(19-8-2-1-3-9-19)24-12-7-15-28-29(24)22-11-6-13-25(42(22)56-28)54(41-38(51)34(47)31(44)35(48)39(41)52)20-16-17-27-23(18-20)21-10-4-5-14-26(21)55-27/h1-18H,43-52H2. The summed E-state index contributed by atoms with van der Waals surface area (Å²) in [4.78, 5) is 5.10. The molecule has 0 N–H and O–H groups in total. The highest BCUT2D eigenvalue weighted by molar-refractivity contribution is 7.26. The zero-order valence-corrected chi connectivity index (χ0v) is 35.7. The van der Waals surface area contributed by atoms with Gasteiger partial charge >= 0.3 is 0 Å². The van der Waals surface area contributed by atoms with Crippen LogP contribution in [0.1, 0.15) is 0 Å². The molecular formula is C42H38B10N2S2. The second-order valence-electron chi connectivity index (χ2n) is 15.6. The molecule has 0 fully saturated rings. The molecular weight excluding hydrogens is 705 g/mol. The predicted molar refractivity (Wildman–Crippen MR) is 283 cm³/mol. The van der Waals surface area contributed by atoms with E-state index < -0.39 is 0 Å². The van der Waals surface area contributed by atoms with Crippen LogP contribution in [0.3, 0.4) is 0 Å². The van der Waals surface area contributed by atoms with Gasteiger partial charge in [0.1, 0.15) is 78.5 Å². The number of thiophene rings is 2. The third-order valence-electron chi connectivity index (χ3n) is 13.0. The van der Waals surface area contributed by atoms with Gasteiger partial charge in [-0.3, -0.25) is 0 Å². The minimum Gasteiger partial charge on any atom is -0.311 e. The lowest BCUT2D eigenvalue weighted by Gasteiger charge is -2.33. The smallest absolute Gasteiger partial charge is 0.141 e. The van der Waals surface area contributed by atoms with E-state index in [0.29, 0.717) is 0 Å². The average molecular weight is 743 g/mol. The number of rotatable bonds is 6. The van der Waals surface area contributed by atoms with Gasteiger partial charge in [-0.05, 0) is 54.6 Å². The van der Waals surface area contributed by atoms with Crippen LogP contribution in [0.25, 0.3) is 40.3 Å². The summed E-state index contributed by atoms with van der Waals surface area (Å²) in [6.45, 7) is 0. The maximum absolute atomic E-state index is 2.57. The van der Waals surface area contributed by atoms with E-state index in [9.17, 15) is 0 Å². The van der Waals surface area contributed by atoms with Crippen molar-refractivity contribution in [2.75, 3.05) is 9.80 Å². The van der Waals surface area contributed by atoms with E-state index >= 15 is 0 Å². The van der Waals surface area contributed by atoms with E-state index in [4.69, 9.17) is 0 Å². The summed E-state index contributed by atoms with van der Waals surface area (Å²) < 4.78 is 5.22. The number of benzene rings is 7. The zero-order chi connectivity index (χ0) is 39.2. The summed E-state index contributed by atoms with van der Waals surface area (Å²) in [5, 5.41) is 5.19. The molecule has 56 heavy (non-hydrogen) atoms. The van der Waals surface area contributed by atoms with Crippen molar-refractivity contribution in [1.82, 2.24) is 0 Å². The minimum atomic E-state index is 1.17. The topological polar surface area (TPSA) is 6.48 Å². The largest absolute Gasteiger partial charge is 0.311 e. The molecule has 258 valence electrons. The normalized spacial score (nSPS) is 11.6. The second kappa shape index (κ2) is 14.0. The van der Waals surface area contributed by atoms with Gasteiger partial charge in [-0.25, -0.2) is 0 Å². The lowest BCUT2D eigenvalue weighted by atomic mass is 9.61. The molecule has 14 heteroatoms. The Balaban J connectivity index is 1.36. The molecule has 9 rings (SSSR count). The molecule has 2 heterocycles. The third kappa shape index (κ3) is 5.58. The highest BCUT2D eigenvalue weighted by Gasteiger charge is 2.27. The fourth-order valence-electron chi connectivity index (χ4n) is 9.02. The molecule has 0 aliphatic carbocycles. The Bertz CT molecular complexity index is 3010. The Kier molecular flexibility index (Phi) is 9.21. The fraction of sp³-hybridized carbons (Fsp3) is 0. The third-order valence-corrected chi connectivity index (χ3v) is 15.3. The maximum Gasteiger partial charge on any atom is 0.141 e. The van der Waals surface area contributed by atoms with Crippen molar-refractivity contribution in [1.29, 1.82) is 0 Å². The summed E-state index contributed by atoms with van der Waals surface area (Å²) in [5.41, 5.74) is 20.8. The molecule has 7 aromatic carbocycles. The lowest BCUT2D eigenvalue weighted by Crippen LogP contribution is -2.56. The molecule has 0 aliphatic heterocycles. The van der Waals surface area contributed by atoms with Crippen LogP contribution >= 0.6 is 22.7 Å². The summed E-state index contributed by atoms with van der Waals surface area (Å²) >= 11 is 3.79. The highest BCUT2D eigenvalue weighted by Crippen LogP contribution is 2.49. The van der Waals surface area contributed by atoms with E-state index in [2.05, 4.69) is 197 Å². The van der Waals surface area contributed by atoms with Gasteiger partial charge in [-0.1, -0.05) is 98.3 Å². The van der Waals surface area contributed by atoms with Gasteiger partial charge in [-0.2, -0.15) is 0 Å². The summed E-state index contributed by atoms with van der Waals surface area (Å²) in [6.07, 6.45) is 0. The van der Waals surface area contributed by atoms with E-state index in [1.165, 1.54) is 129 Å². The Morgan fingerprint density at radius 3 is 1.46 bits per heavy atom. The fourth-order valence-corrected chi connectivity index (χ4v) is 11.3. The van der Waals surface area contributed by atoms with Crippen LogP contribution in [-0.2, 0) is 0 Å². The van der Waals surface area contributed by atoms with Crippen molar-refractivity contribution < 1.29 is 0 Å². The number of para-hydroxylation sites is 1. The van der Waals surface area contributed by atoms with Crippen molar-refractivity contribution in [2.24, 2.45) is 0 Å². The molecule has 2 nitrogen and oxygen atoms in total. The summed E-state index contributed by atoms with van der Waals surface area (Å²) in [6, 6.07) is 40.7. The molecule has 0 amide bonds. The average Bonchev–Trinajstić information content (AvgIpc) is 3.80. The molecule has 0 saturated carbocycles. The van der Waals surface area contributed by atoms with E-state index in [1.54, 1.807) is 0 Å². The van der Waals surface area contributed by atoms with Crippen molar-refractivity contribution in [3.8, 4) is 0 Å². The van der Waals surface area contributed by atoms with Crippen molar-refractivity contribution in [3.63, 3.8) is 0 Å². The first-order chi connectivity index (χ1) is 27.0. The lowest BCUT2D eigenvalue weighted by molar-refractivity contribution is 1.33. The molecule has 0 saturated heterocycles. The van der Waals surface area contributed by atoms with Gasteiger partial charge in [0.15, 0.2) is 0 Å². The first-order valence-electron chi connectivity index (χ1n) is 19.6. The first-order valence-corrected chi connectivity index (χ1v) is 21.3. The summed E-state index contributed by atoms with van der Waals surface area (Å²) in [7, 11) is 22.9. The molecule has 0 unspecified atom stereocenters. The molecule has 9 aromatic rings. The van der Waals surface area contributed by atoms with Gasteiger partial charge in [0.25, 0.3) is 0 Å². The Hall–Kier alpha value is -4.77. The number of nitrogens with zero attached hydrogens (tertiary/aromatic N) is 2. The minimum absolute atomic E-state index is 1.17. The van der Waals surface area contributed by atoms with E-state index in [1.807, 2.05) is 22.7 Å². The maximum atomic E-state index is 2.57. The summed E-state index contributed by atoms with van der Waals surface area (Å²) in [5.74, 6) is 0. The van der Waals surface area contributed by atoms with E-state index in [0.717, 1.165) is 0 Å². The van der Waals surface area contributed by atoms with E-state index in [-0.39, 0.29) is 0 Å². The van der Waals surface area contributed by atoms with Crippen molar-refractivity contribution in [3.05, 3.63) is 109 Å². The Morgan fingerprint density at radius 2 is 0.821 bits per heavy atom. The first kappa shape index (κ1) is 36.8. The molecule has 0 spiro atoms. The zero-order valence-electron chi connectivity index (χ0n) is 34.1. The Morgan fingerprint density at radius 1 is 0.339 bits per heavy atom. The number of anilines is 6. The predicted octanol–water partition coefficient (Wildman–Crippen LogP) is -4.05. The molecule has 0 atom stereocenters. The van der Waals surface area contributed by atoms with Crippen molar-refractivity contribution in [2.45, 2.75) is 0 Å². The van der Waals surface area contributed by atoms with Gasteiger partial charge in [0, 0.05) is 58.4 Å². The Labute approximate surface area is 347 Å². The molecule has 0 aliphatic rings. The van der Waals surface area contributed by atoms with Crippen LogP contribution in [0.15, 0.2) is 109 Å². The van der Waals surface area contributed by atoms with Crippen LogP contribution in [0.4, 0.5) is 34.1 Å². The number of hydrogen-bond donors (Lipinski definition) is 0. The molecule has 2 aromatic heterocycles. The van der Waals surface area contributed by atoms with Crippen LogP contribution in [-0.4, -0.2) is 78.5 Å². The van der Waals surface area contributed by atoms with Crippen LogP contribution in [0, 0.1) is 0 Å². The van der Waals surface area contributed by atoms with Gasteiger partial charge in [0.2, 0.25) is 0 Å². The van der Waals surface area contributed by atoms with Gasteiger partial charge in [0.05, 0.1) is 16.1 Å². The van der Waals surface area contributed by atoms with Crippen LogP contribution < -0.4 is 64.4 Å². The van der Waals surface area contributed by atoms with Crippen LogP contribution in [0.5, 0.6) is 0 Å². The molecule has 0 bridgehead atoms. The van der Waals surface area contributed by atoms with Gasteiger partial charge < -0.3 is 9.80 Å². The number of hydrogen-bond acceptors (Lipinski definition) is 4. The highest BCUT2D eigenvalue weighted by atomic mass is 32.1. The van der Waals surface area contributed by atoms with Gasteiger partial charge in [-0.15, -0.1) is 33.6 Å². The second-order valence-corrected chi connectivity index (χ2v) is 17.8. The molecule has 0 radical (unpaired) electrons. The monoisotopic (exact) mass is 744 g/mol. The SMILES string of the molecule is Bc1c(B)c(B)c(N(c2ccc3sc4ccccc4c3c2)c2cccc3c2sc2cccc(N(c4ccccc4)c4c(B)c(B)c(B)c(B)c4B)c23)c(B)c1B. The number of fused-ring (bicyclic) bond motifs is 6. The quantitative estimate of drug-likeness (QED) is 0.160. The van der Waals surface area contributed by atoms with Crippen LogP contribution in [0.2, 0.25) is 0 Å². The van der Waals surface area contributed by atoms with Crippen molar-refractivity contribution >= 4 is 230 Å².